The van der Waals surface area contributed by atoms with E-state index in [1.807, 2.05) is 43.0 Å². The second-order valence-corrected chi connectivity index (χ2v) is 6.65. The summed E-state index contributed by atoms with van der Waals surface area (Å²) in [6, 6.07) is 7.49. The summed E-state index contributed by atoms with van der Waals surface area (Å²) in [5, 5.41) is 3.95. The number of para-hydroxylation sites is 1. The number of hydrogen-bond donors (Lipinski definition) is 0. The molecule has 0 spiro atoms. The number of carbonyl (C=O) groups excluding carboxylic acids is 1. The number of rotatable bonds is 4. The zero-order valence-electron chi connectivity index (χ0n) is 15.1. The fourth-order valence-corrected chi connectivity index (χ4v) is 3.25. The van der Waals surface area contributed by atoms with Gasteiger partial charge >= 0.3 is 0 Å². The zero-order chi connectivity index (χ0) is 17.6. The normalized spacial score (nSPS) is 15.5. The molecule has 0 N–H and O–H groups in total. The van der Waals surface area contributed by atoms with Gasteiger partial charge in [0.25, 0.3) is 5.91 Å². The Balaban J connectivity index is 1.74. The average Bonchev–Trinajstić information content (AvgIpc) is 2.91. The highest BCUT2D eigenvalue weighted by Gasteiger charge is 2.20. The largest absolute Gasteiger partial charge is 0.488 e. The number of likely N-dealkylation sites (tertiary alicyclic amines) is 1. The molecule has 1 aliphatic rings. The molecule has 1 fully saturated rings. The Hall–Kier alpha value is -2.30. The van der Waals surface area contributed by atoms with E-state index in [2.05, 4.69) is 5.16 Å². The van der Waals surface area contributed by atoms with E-state index in [1.54, 1.807) is 0 Å². The molecule has 0 bridgehead atoms. The summed E-state index contributed by atoms with van der Waals surface area (Å²) in [5.41, 5.74) is 2.40. The Kier molecular flexibility index (Phi) is 5.74. The number of aryl methyl sites for hydroxylation is 2. The predicted octanol–water partition coefficient (Wildman–Crippen LogP) is 4.28. The molecule has 1 saturated heterocycles. The first-order valence-electron chi connectivity index (χ1n) is 9.09. The third kappa shape index (κ3) is 4.21. The number of benzene rings is 1. The maximum atomic E-state index is 13.0. The van der Waals surface area contributed by atoms with E-state index in [0.29, 0.717) is 17.9 Å². The van der Waals surface area contributed by atoms with Crippen LogP contribution >= 0.6 is 0 Å². The minimum absolute atomic E-state index is 0.0660. The maximum absolute atomic E-state index is 13.0. The van der Waals surface area contributed by atoms with Gasteiger partial charge in [0.15, 0.2) is 0 Å². The SMILES string of the molecule is Cc1noc(C)c1COc1ccccc1C(=O)N1CCCCCCC1. The quantitative estimate of drug-likeness (QED) is 0.832. The van der Waals surface area contributed by atoms with E-state index in [-0.39, 0.29) is 5.91 Å². The average molecular weight is 342 g/mol. The first kappa shape index (κ1) is 17.5. The second-order valence-electron chi connectivity index (χ2n) is 6.65. The molecule has 2 heterocycles. The molecule has 0 aliphatic carbocycles. The number of hydrogen-bond acceptors (Lipinski definition) is 4. The smallest absolute Gasteiger partial charge is 0.257 e. The summed E-state index contributed by atoms with van der Waals surface area (Å²) in [5.74, 6) is 1.44. The molecule has 25 heavy (non-hydrogen) atoms. The van der Waals surface area contributed by atoms with Crippen molar-refractivity contribution < 1.29 is 14.1 Å². The van der Waals surface area contributed by atoms with Gasteiger partial charge in [-0.25, -0.2) is 0 Å². The lowest BCUT2D eigenvalue weighted by Crippen LogP contribution is -2.34. The van der Waals surface area contributed by atoms with Crippen LogP contribution in [0.5, 0.6) is 5.75 Å². The highest BCUT2D eigenvalue weighted by atomic mass is 16.5. The standard InChI is InChI=1S/C20H26N2O3/c1-15-18(16(2)25-21-15)14-24-19-11-7-6-10-17(19)20(23)22-12-8-4-3-5-9-13-22/h6-7,10-11H,3-5,8-9,12-14H2,1-2H3. The molecule has 1 aliphatic heterocycles. The van der Waals surface area contributed by atoms with Crippen molar-refractivity contribution in [3.8, 4) is 5.75 Å². The molecule has 5 nitrogen and oxygen atoms in total. The Morgan fingerprint density at radius 1 is 1.12 bits per heavy atom. The van der Waals surface area contributed by atoms with Crippen LogP contribution in [0.4, 0.5) is 0 Å². The summed E-state index contributed by atoms with van der Waals surface area (Å²) in [6.45, 7) is 5.78. The van der Waals surface area contributed by atoms with Crippen molar-refractivity contribution in [2.45, 2.75) is 52.6 Å². The summed E-state index contributed by atoms with van der Waals surface area (Å²) in [4.78, 5) is 15.0. The molecule has 1 amide bonds. The van der Waals surface area contributed by atoms with Crippen LogP contribution in [0.25, 0.3) is 0 Å². The lowest BCUT2D eigenvalue weighted by atomic mass is 10.1. The molecule has 1 aromatic carbocycles. The maximum Gasteiger partial charge on any atom is 0.257 e. The number of aromatic nitrogens is 1. The Morgan fingerprint density at radius 2 is 1.80 bits per heavy atom. The Bertz CT molecular complexity index is 696. The molecule has 2 aromatic rings. The van der Waals surface area contributed by atoms with Crippen LogP contribution in [0.3, 0.4) is 0 Å². The van der Waals surface area contributed by atoms with Crippen molar-refractivity contribution in [1.29, 1.82) is 0 Å². The van der Waals surface area contributed by atoms with Gasteiger partial charge in [0.05, 0.1) is 16.8 Å². The number of amides is 1. The monoisotopic (exact) mass is 342 g/mol. The van der Waals surface area contributed by atoms with Gasteiger partial charge in [0.2, 0.25) is 0 Å². The van der Waals surface area contributed by atoms with Crippen molar-refractivity contribution in [3.63, 3.8) is 0 Å². The topological polar surface area (TPSA) is 55.6 Å². The molecule has 1 aromatic heterocycles. The van der Waals surface area contributed by atoms with Crippen LogP contribution in [0.1, 0.15) is 59.5 Å². The van der Waals surface area contributed by atoms with Crippen molar-refractivity contribution in [2.24, 2.45) is 0 Å². The van der Waals surface area contributed by atoms with Crippen molar-refractivity contribution in [2.75, 3.05) is 13.1 Å². The van der Waals surface area contributed by atoms with Crippen LogP contribution in [-0.2, 0) is 6.61 Å². The minimum Gasteiger partial charge on any atom is -0.488 e. The van der Waals surface area contributed by atoms with E-state index < -0.39 is 0 Å². The van der Waals surface area contributed by atoms with Crippen LogP contribution in [0.2, 0.25) is 0 Å². The van der Waals surface area contributed by atoms with Gasteiger partial charge in [-0.15, -0.1) is 0 Å². The molecule has 134 valence electrons. The highest BCUT2D eigenvalue weighted by molar-refractivity contribution is 5.96. The third-order valence-electron chi connectivity index (χ3n) is 4.81. The molecule has 0 saturated carbocycles. The number of carbonyl (C=O) groups is 1. The second kappa shape index (κ2) is 8.19. The fourth-order valence-electron chi connectivity index (χ4n) is 3.25. The van der Waals surface area contributed by atoms with Gasteiger partial charge in [-0.1, -0.05) is 36.6 Å². The van der Waals surface area contributed by atoms with Crippen molar-refractivity contribution in [1.82, 2.24) is 10.1 Å². The van der Waals surface area contributed by atoms with Gasteiger partial charge in [0.1, 0.15) is 18.1 Å². The molecular formula is C20H26N2O3. The zero-order valence-corrected chi connectivity index (χ0v) is 15.1. The third-order valence-corrected chi connectivity index (χ3v) is 4.81. The van der Waals surface area contributed by atoms with Gasteiger partial charge in [-0.2, -0.15) is 0 Å². The molecule has 3 rings (SSSR count). The lowest BCUT2D eigenvalue weighted by molar-refractivity contribution is 0.0737. The predicted molar refractivity (Wildman–Crippen MR) is 95.7 cm³/mol. The van der Waals surface area contributed by atoms with E-state index >= 15 is 0 Å². The van der Waals surface area contributed by atoms with Gasteiger partial charge in [0, 0.05) is 13.1 Å². The van der Waals surface area contributed by atoms with Crippen molar-refractivity contribution >= 4 is 5.91 Å². The first-order valence-corrected chi connectivity index (χ1v) is 9.09. The van der Waals surface area contributed by atoms with E-state index in [1.165, 1.54) is 19.3 Å². The van der Waals surface area contributed by atoms with Crippen LogP contribution in [-0.4, -0.2) is 29.1 Å². The van der Waals surface area contributed by atoms with Gasteiger partial charge < -0.3 is 14.2 Å². The Morgan fingerprint density at radius 3 is 2.48 bits per heavy atom. The number of ether oxygens (including phenoxy) is 1. The first-order chi connectivity index (χ1) is 12.2. The number of nitrogens with zero attached hydrogens (tertiary/aromatic N) is 2. The summed E-state index contributed by atoms with van der Waals surface area (Å²) >= 11 is 0. The fraction of sp³-hybridized carbons (Fsp3) is 0.500. The Labute approximate surface area is 148 Å². The van der Waals surface area contributed by atoms with Crippen molar-refractivity contribution in [3.05, 3.63) is 46.8 Å². The van der Waals surface area contributed by atoms with Crippen LogP contribution < -0.4 is 4.74 Å². The molecule has 0 radical (unpaired) electrons. The summed E-state index contributed by atoms with van der Waals surface area (Å²) in [7, 11) is 0. The molecule has 0 unspecified atom stereocenters. The highest BCUT2D eigenvalue weighted by Crippen LogP contribution is 2.24. The van der Waals surface area contributed by atoms with E-state index in [0.717, 1.165) is 42.9 Å². The lowest BCUT2D eigenvalue weighted by Gasteiger charge is -2.25. The van der Waals surface area contributed by atoms with Crippen LogP contribution in [0.15, 0.2) is 28.8 Å². The van der Waals surface area contributed by atoms with E-state index in [4.69, 9.17) is 9.26 Å². The van der Waals surface area contributed by atoms with Gasteiger partial charge in [-0.05, 0) is 38.8 Å². The summed E-state index contributed by atoms with van der Waals surface area (Å²) < 4.78 is 11.1. The van der Waals surface area contributed by atoms with Gasteiger partial charge in [-0.3, -0.25) is 4.79 Å². The van der Waals surface area contributed by atoms with E-state index in [9.17, 15) is 4.79 Å². The molecular weight excluding hydrogens is 316 g/mol. The molecule has 0 atom stereocenters. The van der Waals surface area contributed by atoms with Crippen LogP contribution in [0, 0.1) is 13.8 Å². The molecule has 5 heteroatoms. The summed E-state index contributed by atoms with van der Waals surface area (Å²) in [6.07, 6.45) is 5.84. The minimum atomic E-state index is 0.0660.